The van der Waals surface area contributed by atoms with Gasteiger partial charge in [-0.25, -0.2) is 0 Å². The average molecular weight is 258 g/mol. The van der Waals surface area contributed by atoms with Crippen molar-refractivity contribution in [2.75, 3.05) is 20.7 Å². The van der Waals surface area contributed by atoms with Gasteiger partial charge in [0.05, 0.1) is 5.69 Å². The monoisotopic (exact) mass is 258 g/mol. The first kappa shape index (κ1) is 12.9. The van der Waals surface area contributed by atoms with Crippen molar-refractivity contribution in [3.8, 4) is 17.3 Å². The molecule has 2 rings (SSSR count). The summed E-state index contributed by atoms with van der Waals surface area (Å²) in [5, 5.41) is 7.91. The van der Waals surface area contributed by atoms with Gasteiger partial charge in [0.2, 0.25) is 5.88 Å². The Balaban J connectivity index is 2.01. The second kappa shape index (κ2) is 5.90. The van der Waals surface area contributed by atoms with Gasteiger partial charge in [-0.1, -0.05) is 6.07 Å². The molecule has 0 bridgehead atoms. The molecular weight excluding hydrogens is 244 g/mol. The fourth-order valence-corrected chi connectivity index (χ4v) is 1.31. The number of amides is 1. The lowest BCUT2D eigenvalue weighted by atomic mass is 10.2. The standard InChI is InChI=1S/C13H14N4O2/c1-17(2)13(18)9-19-12-7-6-11(15-16-12)10-5-3-4-8-14-10/h3-8H,9H2,1-2H3. The minimum Gasteiger partial charge on any atom is -0.466 e. The number of carbonyl (C=O) groups is 1. The maximum atomic E-state index is 11.3. The van der Waals surface area contributed by atoms with Crippen LogP contribution in [0, 0.1) is 0 Å². The van der Waals surface area contributed by atoms with Crippen molar-refractivity contribution in [1.82, 2.24) is 20.1 Å². The normalized spacial score (nSPS) is 10.0. The number of pyridine rings is 1. The zero-order chi connectivity index (χ0) is 13.7. The summed E-state index contributed by atoms with van der Waals surface area (Å²) >= 11 is 0. The van der Waals surface area contributed by atoms with Crippen LogP contribution in [-0.2, 0) is 4.79 Å². The van der Waals surface area contributed by atoms with Crippen molar-refractivity contribution in [2.45, 2.75) is 0 Å². The summed E-state index contributed by atoms with van der Waals surface area (Å²) in [7, 11) is 3.34. The Morgan fingerprint density at radius 1 is 1.16 bits per heavy atom. The molecule has 98 valence electrons. The lowest BCUT2D eigenvalue weighted by molar-refractivity contribution is -0.130. The molecule has 2 heterocycles. The Morgan fingerprint density at radius 3 is 2.58 bits per heavy atom. The van der Waals surface area contributed by atoms with Gasteiger partial charge in [0.15, 0.2) is 6.61 Å². The number of rotatable bonds is 4. The van der Waals surface area contributed by atoms with Crippen molar-refractivity contribution in [1.29, 1.82) is 0 Å². The van der Waals surface area contributed by atoms with E-state index in [1.807, 2.05) is 18.2 Å². The second-order valence-corrected chi connectivity index (χ2v) is 4.05. The topological polar surface area (TPSA) is 68.2 Å². The van der Waals surface area contributed by atoms with E-state index in [1.54, 1.807) is 32.4 Å². The van der Waals surface area contributed by atoms with E-state index < -0.39 is 0 Å². The number of aromatic nitrogens is 3. The molecule has 0 atom stereocenters. The molecule has 0 saturated carbocycles. The third-order valence-electron chi connectivity index (χ3n) is 2.41. The summed E-state index contributed by atoms with van der Waals surface area (Å²) in [5.74, 6) is 0.186. The lowest BCUT2D eigenvalue weighted by Crippen LogP contribution is -2.27. The highest BCUT2D eigenvalue weighted by atomic mass is 16.5. The molecule has 0 fully saturated rings. The molecule has 19 heavy (non-hydrogen) atoms. The summed E-state index contributed by atoms with van der Waals surface area (Å²) in [6.45, 7) is -0.0510. The smallest absolute Gasteiger partial charge is 0.260 e. The van der Waals surface area contributed by atoms with Crippen molar-refractivity contribution in [2.24, 2.45) is 0 Å². The second-order valence-electron chi connectivity index (χ2n) is 4.05. The average Bonchev–Trinajstić information content (AvgIpc) is 2.46. The first-order valence-electron chi connectivity index (χ1n) is 5.75. The van der Waals surface area contributed by atoms with Crippen LogP contribution in [-0.4, -0.2) is 46.7 Å². The Bertz CT molecular complexity index is 540. The van der Waals surface area contributed by atoms with Crippen LogP contribution in [0.25, 0.3) is 11.4 Å². The van der Waals surface area contributed by atoms with E-state index in [-0.39, 0.29) is 12.5 Å². The SMILES string of the molecule is CN(C)C(=O)COc1ccc(-c2ccccn2)nn1. The van der Waals surface area contributed by atoms with Crippen LogP contribution in [0.2, 0.25) is 0 Å². The molecule has 0 saturated heterocycles. The first-order chi connectivity index (χ1) is 9.16. The van der Waals surface area contributed by atoms with Crippen molar-refractivity contribution >= 4 is 5.91 Å². The molecule has 0 aliphatic rings. The summed E-state index contributed by atoms with van der Waals surface area (Å²) in [4.78, 5) is 17.0. The van der Waals surface area contributed by atoms with Crippen LogP contribution in [0.4, 0.5) is 0 Å². The van der Waals surface area contributed by atoms with E-state index in [1.165, 1.54) is 4.90 Å². The van der Waals surface area contributed by atoms with E-state index in [2.05, 4.69) is 15.2 Å². The zero-order valence-corrected chi connectivity index (χ0v) is 10.8. The molecule has 6 heteroatoms. The van der Waals surface area contributed by atoms with Gasteiger partial charge >= 0.3 is 0 Å². The molecule has 0 aromatic carbocycles. The Morgan fingerprint density at radius 2 is 2.00 bits per heavy atom. The molecule has 2 aromatic heterocycles. The van der Waals surface area contributed by atoms with Crippen LogP contribution < -0.4 is 4.74 Å². The molecule has 6 nitrogen and oxygen atoms in total. The van der Waals surface area contributed by atoms with Crippen molar-refractivity contribution in [3.05, 3.63) is 36.5 Å². The van der Waals surface area contributed by atoms with Gasteiger partial charge in [0.1, 0.15) is 5.69 Å². The van der Waals surface area contributed by atoms with Crippen LogP contribution in [0.1, 0.15) is 0 Å². The third kappa shape index (κ3) is 3.48. The molecule has 0 aliphatic heterocycles. The first-order valence-corrected chi connectivity index (χ1v) is 5.75. The van der Waals surface area contributed by atoms with Crippen LogP contribution in [0.15, 0.2) is 36.5 Å². The fraction of sp³-hybridized carbons (Fsp3) is 0.231. The van der Waals surface area contributed by atoms with Gasteiger partial charge in [-0.2, -0.15) is 0 Å². The summed E-state index contributed by atoms with van der Waals surface area (Å²) in [5.41, 5.74) is 1.40. The van der Waals surface area contributed by atoms with Crippen LogP contribution in [0.3, 0.4) is 0 Å². The summed E-state index contributed by atoms with van der Waals surface area (Å²) in [6.07, 6.45) is 1.69. The molecule has 0 N–H and O–H groups in total. The predicted molar refractivity (Wildman–Crippen MR) is 69.5 cm³/mol. The number of carbonyl (C=O) groups excluding carboxylic acids is 1. The highest BCUT2D eigenvalue weighted by Crippen LogP contribution is 2.14. The molecular formula is C13H14N4O2. The molecule has 0 aliphatic carbocycles. The molecule has 0 spiro atoms. The van der Waals surface area contributed by atoms with Gasteiger partial charge in [0.25, 0.3) is 5.91 Å². The Kier molecular flexibility index (Phi) is 4.02. The van der Waals surface area contributed by atoms with Crippen molar-refractivity contribution in [3.63, 3.8) is 0 Å². The van der Waals surface area contributed by atoms with Crippen LogP contribution >= 0.6 is 0 Å². The Hall–Kier alpha value is -2.50. The van der Waals surface area contributed by atoms with E-state index in [0.29, 0.717) is 11.6 Å². The summed E-state index contributed by atoms with van der Waals surface area (Å²) in [6, 6.07) is 8.98. The number of hydrogen-bond donors (Lipinski definition) is 0. The Labute approximate surface area is 111 Å². The minimum atomic E-state index is -0.129. The van der Waals surface area contributed by atoms with E-state index in [0.717, 1.165) is 5.69 Å². The predicted octanol–water partition coefficient (Wildman–Crippen LogP) is 1.01. The zero-order valence-electron chi connectivity index (χ0n) is 10.8. The number of nitrogens with zero attached hydrogens (tertiary/aromatic N) is 4. The number of hydrogen-bond acceptors (Lipinski definition) is 5. The van der Waals surface area contributed by atoms with E-state index in [4.69, 9.17) is 4.74 Å². The number of likely N-dealkylation sites (N-methyl/N-ethyl adjacent to an activating group) is 1. The van der Waals surface area contributed by atoms with E-state index in [9.17, 15) is 4.79 Å². The van der Waals surface area contributed by atoms with Gasteiger partial charge in [0, 0.05) is 26.4 Å². The van der Waals surface area contributed by atoms with E-state index >= 15 is 0 Å². The lowest BCUT2D eigenvalue weighted by Gasteiger charge is -2.10. The molecule has 0 unspecified atom stereocenters. The third-order valence-corrected chi connectivity index (χ3v) is 2.41. The maximum Gasteiger partial charge on any atom is 0.260 e. The molecule has 1 amide bonds. The largest absolute Gasteiger partial charge is 0.466 e. The maximum absolute atomic E-state index is 11.3. The minimum absolute atomic E-state index is 0.0510. The van der Waals surface area contributed by atoms with Gasteiger partial charge in [-0.05, 0) is 18.2 Å². The fourth-order valence-electron chi connectivity index (χ4n) is 1.31. The van der Waals surface area contributed by atoms with Gasteiger partial charge < -0.3 is 9.64 Å². The molecule has 2 aromatic rings. The quantitative estimate of drug-likeness (QED) is 0.818. The molecule has 0 radical (unpaired) electrons. The highest BCUT2D eigenvalue weighted by Gasteiger charge is 2.06. The highest BCUT2D eigenvalue weighted by molar-refractivity contribution is 5.77. The van der Waals surface area contributed by atoms with Gasteiger partial charge in [-0.15, -0.1) is 10.2 Å². The summed E-state index contributed by atoms with van der Waals surface area (Å²) < 4.78 is 5.23. The van der Waals surface area contributed by atoms with Crippen LogP contribution in [0.5, 0.6) is 5.88 Å². The van der Waals surface area contributed by atoms with Crippen molar-refractivity contribution < 1.29 is 9.53 Å². The van der Waals surface area contributed by atoms with Gasteiger partial charge in [-0.3, -0.25) is 9.78 Å². The number of ether oxygens (including phenoxy) is 1.